The first-order valence-electron chi connectivity index (χ1n) is 18.5. The smallest absolute Gasteiger partial charge is 0.259 e. The van der Waals surface area contributed by atoms with E-state index in [1.165, 1.54) is 25.3 Å². The summed E-state index contributed by atoms with van der Waals surface area (Å²) < 4.78 is 5.30. The van der Waals surface area contributed by atoms with Crippen molar-refractivity contribution in [2.75, 3.05) is 17.7 Å². The Kier molecular flexibility index (Phi) is 14.5. The summed E-state index contributed by atoms with van der Waals surface area (Å²) in [6, 6.07) is 45.0. The number of fused-ring (bicyclic) bond motifs is 2. The number of ether oxygens (including phenoxy) is 1. The number of hydrogen-bond donors (Lipinski definition) is 5. The maximum absolute atomic E-state index is 12.9. The molecule has 15 heteroatoms. The molecule has 310 valence electrons. The first kappa shape index (κ1) is 44.3. The molecule has 0 unspecified atom stereocenters. The molecular formula is C47H34Cl2FeN6O6. The maximum Gasteiger partial charge on any atom is 0.259 e. The molecule has 0 fully saturated rings. The number of nitrogens with one attached hydrogen (secondary N) is 2. The summed E-state index contributed by atoms with van der Waals surface area (Å²) in [5, 5.41) is 57.5. The van der Waals surface area contributed by atoms with Gasteiger partial charge in [0.25, 0.3) is 11.8 Å². The number of rotatable bonds is 9. The van der Waals surface area contributed by atoms with Gasteiger partial charge in [0, 0.05) is 49.3 Å². The summed E-state index contributed by atoms with van der Waals surface area (Å²) in [5.74, 6) is -1.14. The van der Waals surface area contributed by atoms with Gasteiger partial charge in [0.05, 0.1) is 18.2 Å². The third-order valence-electron chi connectivity index (χ3n) is 9.14. The molecule has 0 atom stereocenters. The molecule has 5 N–H and O–H groups in total. The van der Waals surface area contributed by atoms with Crippen molar-refractivity contribution in [3.63, 3.8) is 0 Å². The zero-order valence-corrected chi connectivity index (χ0v) is 35.1. The Hall–Kier alpha value is -7.28. The Balaban J connectivity index is 0.000000204. The molecule has 0 saturated heterocycles. The average Bonchev–Trinajstić information content (AvgIpc) is 3.27. The SMILES string of the molecule is COc1ccc(Cl)cc1N=Nc1c(O)c(C(=O)Nc2ccccc2)cc2ccccc12.O=C(Nc1ccccc1)c1cc2ccccc2c(N=Nc2cc(Cl)ccc2O)c1O.[Fe]. The van der Waals surface area contributed by atoms with Crippen LogP contribution < -0.4 is 15.4 Å². The van der Waals surface area contributed by atoms with Crippen LogP contribution in [-0.2, 0) is 17.1 Å². The van der Waals surface area contributed by atoms with Crippen molar-refractivity contribution in [2.24, 2.45) is 20.5 Å². The van der Waals surface area contributed by atoms with Crippen molar-refractivity contribution < 1.29 is 46.7 Å². The van der Waals surface area contributed by atoms with Gasteiger partial charge in [0.15, 0.2) is 11.5 Å². The number of para-hydroxylation sites is 2. The Morgan fingerprint density at radius 1 is 0.516 bits per heavy atom. The molecule has 0 spiro atoms. The van der Waals surface area contributed by atoms with Gasteiger partial charge >= 0.3 is 0 Å². The molecule has 0 aliphatic heterocycles. The molecule has 8 aromatic carbocycles. The van der Waals surface area contributed by atoms with E-state index in [-0.39, 0.29) is 62.5 Å². The van der Waals surface area contributed by atoms with Crippen LogP contribution in [0.2, 0.25) is 10.0 Å². The number of halogens is 2. The van der Waals surface area contributed by atoms with Crippen LogP contribution in [0.25, 0.3) is 21.5 Å². The van der Waals surface area contributed by atoms with E-state index >= 15 is 0 Å². The number of aromatic hydroxyl groups is 3. The number of anilines is 2. The minimum absolute atomic E-state index is 0. The molecule has 8 aromatic rings. The first-order chi connectivity index (χ1) is 29.6. The van der Waals surface area contributed by atoms with E-state index in [0.29, 0.717) is 49.0 Å². The quantitative estimate of drug-likeness (QED) is 0.0711. The molecule has 62 heavy (non-hydrogen) atoms. The topological polar surface area (TPSA) is 178 Å². The molecular weight excluding hydrogens is 871 g/mol. The van der Waals surface area contributed by atoms with Gasteiger partial charge in [0.1, 0.15) is 34.2 Å². The minimum atomic E-state index is -0.480. The Morgan fingerprint density at radius 2 is 0.935 bits per heavy atom. The second kappa shape index (κ2) is 20.3. The summed E-state index contributed by atoms with van der Waals surface area (Å²) in [7, 11) is 1.52. The van der Waals surface area contributed by atoms with Crippen LogP contribution in [0.1, 0.15) is 20.7 Å². The number of methoxy groups -OCH3 is 1. The second-order valence-electron chi connectivity index (χ2n) is 13.2. The second-order valence-corrected chi connectivity index (χ2v) is 14.0. The van der Waals surface area contributed by atoms with Gasteiger partial charge in [0.2, 0.25) is 0 Å². The average molecular weight is 906 g/mol. The molecule has 0 aromatic heterocycles. The summed E-state index contributed by atoms with van der Waals surface area (Å²) in [6.45, 7) is 0. The van der Waals surface area contributed by atoms with Crippen LogP contribution in [0.5, 0.6) is 23.0 Å². The Morgan fingerprint density at radius 3 is 1.42 bits per heavy atom. The normalized spacial score (nSPS) is 10.9. The summed E-state index contributed by atoms with van der Waals surface area (Å²) in [5.41, 5.74) is 2.21. The largest absolute Gasteiger partial charge is 0.506 e. The van der Waals surface area contributed by atoms with E-state index in [1.54, 1.807) is 84.9 Å². The summed E-state index contributed by atoms with van der Waals surface area (Å²) in [4.78, 5) is 25.7. The summed E-state index contributed by atoms with van der Waals surface area (Å²) >= 11 is 12.0. The number of carbonyl (C=O) groups excluding carboxylic acids is 2. The van der Waals surface area contributed by atoms with E-state index < -0.39 is 11.8 Å². The fraction of sp³-hybridized carbons (Fsp3) is 0.0213. The van der Waals surface area contributed by atoms with Gasteiger partial charge in [-0.1, -0.05) is 108 Å². The maximum atomic E-state index is 12.9. The number of phenolic OH excluding ortho intramolecular Hbond substituents is 3. The van der Waals surface area contributed by atoms with Crippen LogP contribution in [0.15, 0.2) is 178 Å². The van der Waals surface area contributed by atoms with Crippen LogP contribution in [0.3, 0.4) is 0 Å². The molecule has 0 saturated carbocycles. The van der Waals surface area contributed by atoms with E-state index in [0.717, 1.165) is 5.39 Å². The number of hydrogen-bond acceptors (Lipinski definition) is 10. The van der Waals surface area contributed by atoms with Gasteiger partial charge in [-0.05, 0) is 83.6 Å². The van der Waals surface area contributed by atoms with Crippen molar-refractivity contribution in [3.05, 3.63) is 179 Å². The molecule has 2 amide bonds. The minimum Gasteiger partial charge on any atom is -0.506 e. The van der Waals surface area contributed by atoms with Gasteiger partial charge < -0.3 is 30.7 Å². The third kappa shape index (κ3) is 10.4. The van der Waals surface area contributed by atoms with E-state index in [2.05, 4.69) is 31.1 Å². The van der Waals surface area contributed by atoms with Crippen LogP contribution in [0.4, 0.5) is 34.1 Å². The van der Waals surface area contributed by atoms with E-state index in [9.17, 15) is 24.9 Å². The zero-order chi connectivity index (χ0) is 42.9. The predicted octanol–water partition coefficient (Wildman–Crippen LogP) is 13.4. The van der Waals surface area contributed by atoms with Crippen LogP contribution >= 0.6 is 23.2 Å². The number of carbonyl (C=O) groups is 2. The van der Waals surface area contributed by atoms with Gasteiger partial charge in [-0.15, -0.1) is 20.5 Å². The number of phenols is 3. The molecule has 0 aliphatic rings. The number of amides is 2. The van der Waals surface area contributed by atoms with Crippen molar-refractivity contribution in [1.82, 2.24) is 0 Å². The van der Waals surface area contributed by atoms with Crippen molar-refractivity contribution >= 4 is 90.7 Å². The zero-order valence-electron chi connectivity index (χ0n) is 32.5. The van der Waals surface area contributed by atoms with Crippen LogP contribution in [-0.4, -0.2) is 34.2 Å². The molecule has 0 heterocycles. The fourth-order valence-corrected chi connectivity index (χ4v) is 6.48. The van der Waals surface area contributed by atoms with Gasteiger partial charge in [-0.2, -0.15) is 0 Å². The monoisotopic (exact) mass is 904 g/mol. The number of nitrogens with zero attached hydrogens (tertiary/aromatic N) is 4. The third-order valence-corrected chi connectivity index (χ3v) is 9.61. The number of azo groups is 2. The van der Waals surface area contributed by atoms with E-state index in [1.807, 2.05) is 54.6 Å². The summed E-state index contributed by atoms with van der Waals surface area (Å²) in [6.07, 6.45) is 0. The molecule has 0 bridgehead atoms. The van der Waals surface area contributed by atoms with Crippen molar-refractivity contribution in [2.45, 2.75) is 0 Å². The Bertz CT molecular complexity index is 2970. The van der Waals surface area contributed by atoms with Crippen molar-refractivity contribution in [3.8, 4) is 23.0 Å². The number of benzene rings is 8. The Labute approximate surface area is 375 Å². The van der Waals surface area contributed by atoms with Crippen LogP contribution in [0, 0.1) is 0 Å². The van der Waals surface area contributed by atoms with E-state index in [4.69, 9.17) is 27.9 Å². The van der Waals surface area contributed by atoms with Gasteiger partial charge in [-0.25, -0.2) is 0 Å². The van der Waals surface area contributed by atoms with Crippen molar-refractivity contribution in [1.29, 1.82) is 0 Å². The fourth-order valence-electron chi connectivity index (χ4n) is 6.15. The molecule has 8 rings (SSSR count). The van der Waals surface area contributed by atoms with Gasteiger partial charge in [-0.3, -0.25) is 9.59 Å². The molecule has 0 radical (unpaired) electrons. The molecule has 12 nitrogen and oxygen atoms in total. The predicted molar refractivity (Wildman–Crippen MR) is 239 cm³/mol. The first-order valence-corrected chi connectivity index (χ1v) is 19.2. The molecule has 0 aliphatic carbocycles. The standard InChI is InChI=1S/C24H18ClN3O3.C23H16ClN3O3.Fe/c1-31-21-12-11-16(25)14-20(21)27-28-22-18-10-6-5-7-15(18)13-19(23(22)29)24(30)26-17-8-3-2-4-9-17;24-15-10-11-20(28)19(13-15)26-27-21-17-9-5-4-6-14(17)12-18(22(21)29)23(30)25-16-7-2-1-3-8-16;/h2-14,29H,1H3,(H,26,30);1-13,28-29H,(H,25,30);.